The Labute approximate surface area is 123 Å². The third kappa shape index (κ3) is 3.11. The number of aliphatic hydroxyl groups is 1. The molecule has 0 aliphatic carbocycles. The summed E-state index contributed by atoms with van der Waals surface area (Å²) in [6, 6.07) is 0. The number of thioether (sulfide) groups is 1. The van der Waals surface area contributed by atoms with E-state index in [0.717, 1.165) is 24.3 Å². The summed E-state index contributed by atoms with van der Waals surface area (Å²) in [5, 5.41) is 14.3. The van der Waals surface area contributed by atoms with Crippen LogP contribution in [0.15, 0.2) is 16.5 Å². The van der Waals surface area contributed by atoms with Crippen molar-refractivity contribution < 1.29 is 19.5 Å². The Morgan fingerprint density at radius 3 is 2.90 bits per heavy atom. The average Bonchev–Trinajstić information content (AvgIpc) is 2.82. The van der Waals surface area contributed by atoms with Gasteiger partial charge in [-0.05, 0) is 25.5 Å². The number of carbonyl (C=O) groups excluding carboxylic acids is 1. The molecule has 0 aromatic carbocycles. The van der Waals surface area contributed by atoms with Gasteiger partial charge in [-0.15, -0.1) is 0 Å². The second-order valence-electron chi connectivity index (χ2n) is 5.08. The fraction of sp³-hybridized carbons (Fsp3) is 0.714. The van der Waals surface area contributed by atoms with Crippen molar-refractivity contribution in [1.82, 2.24) is 0 Å². The number of hydrogen-bond donors (Lipinski definition) is 1. The molecule has 1 unspecified atom stereocenters. The molecule has 0 aromatic rings. The van der Waals surface area contributed by atoms with Gasteiger partial charge in [-0.25, -0.2) is 4.79 Å². The van der Waals surface area contributed by atoms with Crippen molar-refractivity contribution in [1.29, 1.82) is 0 Å². The van der Waals surface area contributed by atoms with Crippen LogP contribution in [0.2, 0.25) is 0 Å². The Hall–Kier alpha value is -1.17. The number of hydrogen-bond acceptors (Lipinski definition) is 6. The van der Waals surface area contributed by atoms with Crippen molar-refractivity contribution in [2.45, 2.75) is 45.1 Å². The molecule has 20 heavy (non-hydrogen) atoms. The number of aliphatic hydroxyl groups excluding tert-OH is 1. The molecular formula is C14H21NO4S. The zero-order valence-corrected chi connectivity index (χ0v) is 12.8. The molecule has 1 spiro atoms. The molecule has 0 saturated carbocycles. The highest BCUT2D eigenvalue weighted by atomic mass is 32.2. The standard InChI is InChI=1S/C14H21NO4S/c1-3-5-10(15-18-4-2)12-11(16)8-14(19-13(12)17)6-7-20-9-14/h16H,3-9H2,1-2H3/b15-10+. The van der Waals surface area contributed by atoms with Crippen LogP contribution in [0.4, 0.5) is 0 Å². The monoisotopic (exact) mass is 299 g/mol. The highest BCUT2D eigenvalue weighted by Crippen LogP contribution is 2.40. The molecule has 6 heteroatoms. The number of ether oxygens (including phenoxy) is 1. The molecule has 2 rings (SSSR count). The van der Waals surface area contributed by atoms with E-state index in [0.29, 0.717) is 25.2 Å². The maximum atomic E-state index is 12.3. The van der Waals surface area contributed by atoms with E-state index in [1.165, 1.54) is 0 Å². The van der Waals surface area contributed by atoms with Gasteiger partial charge < -0.3 is 14.7 Å². The second-order valence-corrected chi connectivity index (χ2v) is 6.18. The second kappa shape index (κ2) is 6.52. The van der Waals surface area contributed by atoms with Crippen molar-refractivity contribution in [3.8, 4) is 0 Å². The number of oxime groups is 1. The first kappa shape index (κ1) is 15.2. The molecule has 2 aliphatic heterocycles. The molecule has 0 amide bonds. The largest absolute Gasteiger partial charge is 0.511 e. The molecule has 2 aliphatic rings. The van der Waals surface area contributed by atoms with Crippen molar-refractivity contribution in [3.05, 3.63) is 11.3 Å². The molecule has 1 saturated heterocycles. The summed E-state index contributed by atoms with van der Waals surface area (Å²) in [6.45, 7) is 4.24. The van der Waals surface area contributed by atoms with Gasteiger partial charge >= 0.3 is 5.97 Å². The lowest BCUT2D eigenvalue weighted by atomic mass is 9.90. The summed E-state index contributed by atoms with van der Waals surface area (Å²) < 4.78 is 5.61. The minimum absolute atomic E-state index is 0.0932. The third-order valence-electron chi connectivity index (χ3n) is 3.44. The van der Waals surface area contributed by atoms with Gasteiger partial charge in [-0.1, -0.05) is 18.5 Å². The van der Waals surface area contributed by atoms with E-state index in [2.05, 4.69) is 5.16 Å². The average molecular weight is 299 g/mol. The summed E-state index contributed by atoms with van der Waals surface area (Å²) in [5.41, 5.74) is 0.165. The Bertz CT molecular complexity index is 438. The molecule has 1 fully saturated rings. The summed E-state index contributed by atoms with van der Waals surface area (Å²) >= 11 is 1.75. The summed E-state index contributed by atoms with van der Waals surface area (Å²) in [4.78, 5) is 17.3. The van der Waals surface area contributed by atoms with Gasteiger partial charge in [-0.3, -0.25) is 0 Å². The van der Waals surface area contributed by atoms with Gasteiger partial charge in [0, 0.05) is 12.2 Å². The fourth-order valence-corrected chi connectivity index (χ4v) is 3.82. The maximum absolute atomic E-state index is 12.3. The number of nitrogens with zero attached hydrogens (tertiary/aromatic N) is 1. The first-order chi connectivity index (χ1) is 9.62. The Morgan fingerprint density at radius 1 is 1.55 bits per heavy atom. The van der Waals surface area contributed by atoms with E-state index >= 15 is 0 Å². The first-order valence-corrected chi connectivity index (χ1v) is 8.19. The van der Waals surface area contributed by atoms with E-state index < -0.39 is 11.6 Å². The zero-order valence-electron chi connectivity index (χ0n) is 12.0. The number of carbonyl (C=O) groups is 1. The van der Waals surface area contributed by atoms with Gasteiger partial charge in [0.05, 0.1) is 5.71 Å². The van der Waals surface area contributed by atoms with Crippen LogP contribution in [0, 0.1) is 0 Å². The van der Waals surface area contributed by atoms with Crippen LogP contribution in [0.25, 0.3) is 0 Å². The Kier molecular flexibility index (Phi) is 4.96. The van der Waals surface area contributed by atoms with Crippen molar-refractivity contribution in [3.63, 3.8) is 0 Å². The Balaban J connectivity index is 2.26. The van der Waals surface area contributed by atoms with Crippen LogP contribution in [0.1, 0.15) is 39.5 Å². The van der Waals surface area contributed by atoms with E-state index in [4.69, 9.17) is 9.57 Å². The maximum Gasteiger partial charge on any atom is 0.344 e. The predicted octanol–water partition coefficient (Wildman–Crippen LogP) is 2.81. The summed E-state index contributed by atoms with van der Waals surface area (Å²) in [5.74, 6) is 1.34. The van der Waals surface area contributed by atoms with Crippen LogP contribution >= 0.6 is 11.8 Å². The minimum atomic E-state index is -0.516. The quantitative estimate of drug-likeness (QED) is 0.480. The summed E-state index contributed by atoms with van der Waals surface area (Å²) in [6.07, 6.45) is 2.58. The number of esters is 1. The van der Waals surface area contributed by atoms with Crippen molar-refractivity contribution >= 4 is 23.4 Å². The lowest BCUT2D eigenvalue weighted by Crippen LogP contribution is -2.41. The topological polar surface area (TPSA) is 68.1 Å². The first-order valence-electron chi connectivity index (χ1n) is 7.04. The van der Waals surface area contributed by atoms with Crippen molar-refractivity contribution in [2.24, 2.45) is 5.16 Å². The zero-order chi connectivity index (χ0) is 14.6. The van der Waals surface area contributed by atoms with Gasteiger partial charge in [0.15, 0.2) is 0 Å². The lowest BCUT2D eigenvalue weighted by molar-refractivity contribution is -0.155. The van der Waals surface area contributed by atoms with Gasteiger partial charge in [0.2, 0.25) is 0 Å². The molecule has 2 heterocycles. The highest BCUT2D eigenvalue weighted by molar-refractivity contribution is 7.99. The van der Waals surface area contributed by atoms with E-state index in [1.807, 2.05) is 13.8 Å². The van der Waals surface area contributed by atoms with Gasteiger partial charge in [-0.2, -0.15) is 11.8 Å². The van der Waals surface area contributed by atoms with Gasteiger partial charge in [0.1, 0.15) is 23.5 Å². The fourth-order valence-electron chi connectivity index (χ4n) is 2.48. The van der Waals surface area contributed by atoms with Crippen LogP contribution in [0.5, 0.6) is 0 Å². The molecule has 5 nitrogen and oxygen atoms in total. The van der Waals surface area contributed by atoms with E-state index in [1.54, 1.807) is 11.8 Å². The van der Waals surface area contributed by atoms with Crippen LogP contribution in [-0.2, 0) is 14.4 Å². The summed E-state index contributed by atoms with van der Waals surface area (Å²) in [7, 11) is 0. The smallest absolute Gasteiger partial charge is 0.344 e. The van der Waals surface area contributed by atoms with Gasteiger partial charge in [0.25, 0.3) is 0 Å². The highest BCUT2D eigenvalue weighted by Gasteiger charge is 2.45. The molecule has 1 atom stereocenters. The van der Waals surface area contributed by atoms with Crippen LogP contribution in [-0.4, -0.2) is 40.5 Å². The van der Waals surface area contributed by atoms with E-state index in [-0.39, 0.29) is 11.3 Å². The SMILES string of the molecule is CCC/C(=N\OCC)C1=C(O)CC2(CCSC2)OC1=O. The molecule has 0 radical (unpaired) electrons. The van der Waals surface area contributed by atoms with Crippen LogP contribution < -0.4 is 0 Å². The normalized spacial score (nSPS) is 27.1. The molecule has 1 N–H and O–H groups in total. The van der Waals surface area contributed by atoms with E-state index in [9.17, 15) is 9.90 Å². The molecule has 0 bridgehead atoms. The molecule has 0 aromatic heterocycles. The molecule has 112 valence electrons. The lowest BCUT2D eigenvalue weighted by Gasteiger charge is -2.33. The third-order valence-corrected chi connectivity index (χ3v) is 4.66. The Morgan fingerprint density at radius 2 is 2.35 bits per heavy atom. The van der Waals surface area contributed by atoms with Crippen molar-refractivity contribution in [2.75, 3.05) is 18.1 Å². The number of rotatable bonds is 5. The van der Waals surface area contributed by atoms with Crippen LogP contribution in [0.3, 0.4) is 0 Å². The molecular weight excluding hydrogens is 278 g/mol. The predicted molar refractivity (Wildman–Crippen MR) is 79.0 cm³/mol. The minimum Gasteiger partial charge on any atom is -0.511 e.